The topological polar surface area (TPSA) is 77.2 Å². The van der Waals surface area contributed by atoms with Crippen molar-refractivity contribution in [1.29, 1.82) is 0 Å². The van der Waals surface area contributed by atoms with Crippen LogP contribution in [0.4, 0.5) is 5.82 Å². The Morgan fingerprint density at radius 1 is 1.64 bits per heavy atom. The van der Waals surface area contributed by atoms with E-state index in [0.717, 1.165) is 0 Å². The van der Waals surface area contributed by atoms with Gasteiger partial charge >= 0.3 is 5.97 Å². The smallest absolute Gasteiger partial charge is 0.356 e. The fourth-order valence-corrected chi connectivity index (χ4v) is 0.952. The first-order valence-electron chi connectivity index (χ1n) is 4.27. The minimum absolute atomic E-state index is 0.287. The van der Waals surface area contributed by atoms with Crippen molar-refractivity contribution in [3.63, 3.8) is 0 Å². The molecule has 0 saturated heterocycles. The summed E-state index contributed by atoms with van der Waals surface area (Å²) in [6.07, 6.45) is 0. The van der Waals surface area contributed by atoms with Crippen LogP contribution in [0.25, 0.3) is 0 Å². The molecule has 5 nitrogen and oxygen atoms in total. The zero-order chi connectivity index (χ0) is 10.4. The first kappa shape index (κ1) is 10.5. The summed E-state index contributed by atoms with van der Waals surface area (Å²) in [5.74, 6) is 0.180. The van der Waals surface area contributed by atoms with Crippen molar-refractivity contribution >= 4 is 11.8 Å². The van der Waals surface area contributed by atoms with Gasteiger partial charge < -0.3 is 15.8 Å². The molecule has 0 atom stereocenters. The summed E-state index contributed by atoms with van der Waals surface area (Å²) < 4.78 is 4.54. The second-order valence-electron chi connectivity index (χ2n) is 2.62. The van der Waals surface area contributed by atoms with Gasteiger partial charge in [-0.15, -0.1) is 0 Å². The highest BCUT2D eigenvalue weighted by Crippen LogP contribution is 2.04. The fourth-order valence-electron chi connectivity index (χ4n) is 0.952. The Hall–Kier alpha value is -1.62. The number of methoxy groups -OCH3 is 1. The van der Waals surface area contributed by atoms with Gasteiger partial charge in [0.05, 0.1) is 7.11 Å². The Kier molecular flexibility index (Phi) is 3.87. The molecule has 0 spiro atoms. The van der Waals surface area contributed by atoms with Gasteiger partial charge in [-0.25, -0.2) is 9.78 Å². The molecule has 0 radical (unpaired) electrons. The summed E-state index contributed by atoms with van der Waals surface area (Å²) in [4.78, 5) is 15.1. The quantitative estimate of drug-likeness (QED) is 0.673. The Labute approximate surface area is 82.3 Å². The molecule has 0 saturated carbocycles. The van der Waals surface area contributed by atoms with Crippen LogP contribution in [-0.2, 0) is 4.74 Å². The van der Waals surface area contributed by atoms with Crippen molar-refractivity contribution in [2.75, 3.05) is 25.5 Å². The summed E-state index contributed by atoms with van der Waals surface area (Å²) in [5, 5.41) is 2.97. The van der Waals surface area contributed by atoms with E-state index in [9.17, 15) is 4.79 Å². The third-order valence-electron chi connectivity index (χ3n) is 1.59. The third kappa shape index (κ3) is 2.70. The van der Waals surface area contributed by atoms with Crippen LogP contribution in [0, 0.1) is 0 Å². The molecule has 1 aromatic rings. The number of hydrogen-bond donors (Lipinski definition) is 2. The molecule has 0 unspecified atom stereocenters. The van der Waals surface area contributed by atoms with E-state index < -0.39 is 5.97 Å². The fraction of sp³-hybridized carbons (Fsp3) is 0.333. The number of hydrogen-bond acceptors (Lipinski definition) is 5. The summed E-state index contributed by atoms with van der Waals surface area (Å²) in [7, 11) is 1.32. The largest absolute Gasteiger partial charge is 0.464 e. The molecule has 0 aliphatic heterocycles. The van der Waals surface area contributed by atoms with E-state index in [4.69, 9.17) is 5.73 Å². The molecule has 0 aliphatic rings. The average molecular weight is 195 g/mol. The zero-order valence-electron chi connectivity index (χ0n) is 7.99. The van der Waals surface area contributed by atoms with Crippen LogP contribution in [0.1, 0.15) is 10.5 Å². The molecule has 0 bridgehead atoms. The van der Waals surface area contributed by atoms with Gasteiger partial charge in [0.2, 0.25) is 0 Å². The van der Waals surface area contributed by atoms with E-state index in [-0.39, 0.29) is 5.69 Å². The second kappa shape index (κ2) is 5.18. The van der Waals surface area contributed by atoms with Crippen LogP contribution in [0.5, 0.6) is 0 Å². The first-order valence-corrected chi connectivity index (χ1v) is 4.27. The third-order valence-corrected chi connectivity index (χ3v) is 1.59. The highest BCUT2D eigenvalue weighted by molar-refractivity contribution is 5.87. The first-order chi connectivity index (χ1) is 6.77. The highest BCUT2D eigenvalue weighted by Gasteiger charge is 2.06. The zero-order valence-corrected chi connectivity index (χ0v) is 7.99. The molecule has 1 rings (SSSR count). The van der Waals surface area contributed by atoms with Crippen molar-refractivity contribution in [3.8, 4) is 0 Å². The Bertz CT molecular complexity index is 315. The highest BCUT2D eigenvalue weighted by atomic mass is 16.5. The molecular formula is C9H13N3O2. The van der Waals surface area contributed by atoms with Gasteiger partial charge in [-0.2, -0.15) is 0 Å². The van der Waals surface area contributed by atoms with Crippen molar-refractivity contribution in [3.05, 3.63) is 23.9 Å². The average Bonchev–Trinajstić information content (AvgIpc) is 2.25. The normalized spacial score (nSPS) is 9.57. The Morgan fingerprint density at radius 3 is 3.07 bits per heavy atom. The van der Waals surface area contributed by atoms with E-state index in [1.54, 1.807) is 18.2 Å². The predicted molar refractivity (Wildman–Crippen MR) is 53.1 cm³/mol. The summed E-state index contributed by atoms with van der Waals surface area (Å²) in [5.41, 5.74) is 5.61. The van der Waals surface area contributed by atoms with Crippen LogP contribution < -0.4 is 11.1 Å². The Balaban J connectivity index is 2.73. The molecule has 76 valence electrons. The van der Waals surface area contributed by atoms with E-state index in [0.29, 0.717) is 18.9 Å². The van der Waals surface area contributed by atoms with E-state index >= 15 is 0 Å². The number of aromatic nitrogens is 1. The Morgan fingerprint density at radius 2 is 2.43 bits per heavy atom. The van der Waals surface area contributed by atoms with Gasteiger partial charge in [-0.3, -0.25) is 0 Å². The van der Waals surface area contributed by atoms with Crippen molar-refractivity contribution in [2.24, 2.45) is 5.73 Å². The van der Waals surface area contributed by atoms with Gasteiger partial charge in [0.25, 0.3) is 0 Å². The second-order valence-corrected chi connectivity index (χ2v) is 2.62. The number of esters is 1. The lowest BCUT2D eigenvalue weighted by atomic mass is 10.3. The van der Waals surface area contributed by atoms with Gasteiger partial charge in [-0.1, -0.05) is 6.07 Å². The molecule has 1 heterocycles. The molecule has 5 heteroatoms. The number of carbonyl (C=O) groups is 1. The lowest BCUT2D eigenvalue weighted by Gasteiger charge is -2.04. The van der Waals surface area contributed by atoms with Crippen molar-refractivity contribution in [2.45, 2.75) is 0 Å². The maximum Gasteiger partial charge on any atom is 0.356 e. The maximum absolute atomic E-state index is 11.1. The minimum atomic E-state index is -0.443. The van der Waals surface area contributed by atoms with Crippen LogP contribution in [0.3, 0.4) is 0 Å². The lowest BCUT2D eigenvalue weighted by molar-refractivity contribution is 0.0594. The van der Waals surface area contributed by atoms with Crippen LogP contribution in [-0.4, -0.2) is 31.2 Å². The van der Waals surface area contributed by atoms with E-state index in [1.807, 2.05) is 0 Å². The van der Waals surface area contributed by atoms with Crippen LogP contribution in [0.15, 0.2) is 18.2 Å². The van der Waals surface area contributed by atoms with Gasteiger partial charge in [0.15, 0.2) is 5.69 Å². The van der Waals surface area contributed by atoms with E-state index in [2.05, 4.69) is 15.0 Å². The number of carbonyl (C=O) groups excluding carboxylic acids is 1. The number of pyridine rings is 1. The molecule has 0 amide bonds. The minimum Gasteiger partial charge on any atom is -0.464 e. The maximum atomic E-state index is 11.1. The number of nitrogens with zero attached hydrogens (tertiary/aromatic N) is 1. The SMILES string of the molecule is COC(=O)c1cccc(NCCN)n1. The lowest BCUT2D eigenvalue weighted by Crippen LogP contribution is -2.14. The molecule has 0 aromatic carbocycles. The summed E-state index contributed by atoms with van der Waals surface area (Å²) in [6.45, 7) is 1.14. The summed E-state index contributed by atoms with van der Waals surface area (Å²) >= 11 is 0. The molecule has 14 heavy (non-hydrogen) atoms. The number of nitrogens with two attached hydrogens (primary N) is 1. The molecule has 0 aliphatic carbocycles. The predicted octanol–water partition coefficient (Wildman–Crippen LogP) is 0.239. The molecule has 0 fully saturated rings. The van der Waals surface area contributed by atoms with Crippen LogP contribution >= 0.6 is 0 Å². The molecule has 3 N–H and O–H groups in total. The number of anilines is 1. The standard InChI is InChI=1S/C9H13N3O2/c1-14-9(13)7-3-2-4-8(12-7)11-6-5-10/h2-4H,5-6,10H2,1H3,(H,11,12). The molecular weight excluding hydrogens is 182 g/mol. The number of ether oxygens (including phenoxy) is 1. The van der Waals surface area contributed by atoms with Crippen molar-refractivity contribution < 1.29 is 9.53 Å². The van der Waals surface area contributed by atoms with Crippen LogP contribution in [0.2, 0.25) is 0 Å². The van der Waals surface area contributed by atoms with Gasteiger partial charge in [0, 0.05) is 13.1 Å². The summed E-state index contributed by atoms with van der Waals surface area (Å²) in [6, 6.07) is 5.10. The number of nitrogens with one attached hydrogen (secondary N) is 1. The number of rotatable bonds is 4. The van der Waals surface area contributed by atoms with E-state index in [1.165, 1.54) is 7.11 Å². The van der Waals surface area contributed by atoms with Gasteiger partial charge in [-0.05, 0) is 12.1 Å². The molecule has 1 aromatic heterocycles. The van der Waals surface area contributed by atoms with Gasteiger partial charge in [0.1, 0.15) is 5.82 Å². The monoisotopic (exact) mass is 195 g/mol. The van der Waals surface area contributed by atoms with Crippen molar-refractivity contribution in [1.82, 2.24) is 4.98 Å².